The first-order valence-corrected chi connectivity index (χ1v) is 10.7. The van der Waals surface area contributed by atoms with Gasteiger partial charge in [-0.25, -0.2) is 26.9 Å². The number of aromatic nitrogens is 3. The number of carboxylic acid groups (broad SMARTS) is 1. The molecular formula is C17H16FN5O5S2. The average Bonchev–Trinajstić information content (AvgIpc) is 3.24. The number of hydrogen-bond acceptors (Lipinski definition) is 7. The molecule has 0 bridgehead atoms. The predicted octanol–water partition coefficient (Wildman–Crippen LogP) is 0.0196. The first kappa shape index (κ1) is 21.4. The highest BCUT2D eigenvalue weighted by atomic mass is 32.2. The summed E-state index contributed by atoms with van der Waals surface area (Å²) in [6.07, 6.45) is 3.47. The van der Waals surface area contributed by atoms with Crippen molar-refractivity contribution in [1.82, 2.24) is 9.55 Å². The number of halogens is 1. The molecule has 0 aliphatic carbocycles. The van der Waals surface area contributed by atoms with E-state index >= 15 is 0 Å². The maximum Gasteiger partial charge on any atom is 0.266 e. The highest BCUT2D eigenvalue weighted by molar-refractivity contribution is 7.93. The molecule has 10 nitrogen and oxygen atoms in total. The van der Waals surface area contributed by atoms with E-state index in [4.69, 9.17) is 0 Å². The van der Waals surface area contributed by atoms with Crippen molar-refractivity contribution in [2.75, 3.05) is 10.0 Å². The molecule has 13 heteroatoms. The van der Waals surface area contributed by atoms with E-state index in [0.29, 0.717) is 0 Å². The van der Waals surface area contributed by atoms with Gasteiger partial charge in [0.05, 0.1) is 29.1 Å². The Morgan fingerprint density at radius 1 is 1.37 bits per heavy atom. The Morgan fingerprint density at radius 2 is 2.10 bits per heavy atom. The molecule has 0 saturated carbocycles. The second-order valence-corrected chi connectivity index (χ2v) is 8.73. The van der Waals surface area contributed by atoms with E-state index in [1.165, 1.54) is 0 Å². The number of thiazole rings is 1. The number of carbonyl (C=O) groups is 2. The number of rotatable bonds is 7. The van der Waals surface area contributed by atoms with Crippen LogP contribution in [-0.2, 0) is 28.4 Å². The normalized spacial score (nSPS) is 11.3. The van der Waals surface area contributed by atoms with Crippen LogP contribution in [0, 0.1) is 12.7 Å². The summed E-state index contributed by atoms with van der Waals surface area (Å²) in [6, 6.07) is 2.91. The van der Waals surface area contributed by atoms with E-state index in [2.05, 4.69) is 10.3 Å². The van der Waals surface area contributed by atoms with E-state index in [1.807, 2.05) is 23.3 Å². The van der Waals surface area contributed by atoms with Crippen LogP contribution in [0.2, 0.25) is 0 Å². The van der Waals surface area contributed by atoms with E-state index in [9.17, 15) is 27.5 Å². The molecule has 0 atom stereocenters. The first-order chi connectivity index (χ1) is 14.1. The summed E-state index contributed by atoms with van der Waals surface area (Å²) in [5, 5.41) is 13.1. The van der Waals surface area contributed by atoms with Crippen molar-refractivity contribution in [3.05, 3.63) is 53.4 Å². The van der Waals surface area contributed by atoms with Crippen molar-refractivity contribution in [3.63, 3.8) is 0 Å². The molecular weight excluding hydrogens is 437 g/mol. The highest BCUT2D eigenvalue weighted by Crippen LogP contribution is 2.25. The molecule has 2 heterocycles. The summed E-state index contributed by atoms with van der Waals surface area (Å²) >= 11 is 0.742. The van der Waals surface area contributed by atoms with Crippen LogP contribution < -0.4 is 19.7 Å². The van der Waals surface area contributed by atoms with Gasteiger partial charge < -0.3 is 15.2 Å². The number of sulfonamides is 1. The van der Waals surface area contributed by atoms with Gasteiger partial charge in [0.15, 0.2) is 6.54 Å². The quantitative estimate of drug-likeness (QED) is 0.484. The number of nitrogens with one attached hydrogen (secondary N) is 2. The Kier molecular flexibility index (Phi) is 5.85. The van der Waals surface area contributed by atoms with E-state index in [-0.39, 0.29) is 17.2 Å². The van der Waals surface area contributed by atoms with Crippen molar-refractivity contribution in [3.8, 4) is 0 Å². The standard InChI is InChI=1S/C17H16FN5O5S2/c1-10-22(2)5-6-23(10)8-14(24)20-13-4-3-11(7-12(13)18)30(27,28)21-16-15(17(25)26)19-9-29-16/h3-7,9,21H,8H2,1-2H3,(H-,20,24,25,26). The molecule has 30 heavy (non-hydrogen) atoms. The molecule has 0 saturated heterocycles. The van der Waals surface area contributed by atoms with Crippen LogP contribution in [0.1, 0.15) is 16.3 Å². The summed E-state index contributed by atoms with van der Waals surface area (Å²) < 4.78 is 44.8. The SMILES string of the molecule is Cc1n(CC(=O)Nc2ccc(S(=O)(=O)Nc3scnc3C(=O)[O-])cc2F)cc[n+]1C. The minimum atomic E-state index is -4.29. The number of imidazole rings is 1. The van der Waals surface area contributed by atoms with Crippen LogP contribution in [-0.4, -0.2) is 29.8 Å². The Morgan fingerprint density at radius 3 is 2.70 bits per heavy atom. The number of benzene rings is 1. The fourth-order valence-corrected chi connectivity index (χ4v) is 4.52. The van der Waals surface area contributed by atoms with Crippen LogP contribution >= 0.6 is 11.3 Å². The number of nitrogens with zero attached hydrogens (tertiary/aromatic N) is 3. The monoisotopic (exact) mass is 453 g/mol. The number of carbonyl (C=O) groups excluding carboxylic acids is 2. The zero-order chi connectivity index (χ0) is 22.1. The highest BCUT2D eigenvalue weighted by Gasteiger charge is 2.21. The Hall–Kier alpha value is -3.32. The maximum atomic E-state index is 14.4. The van der Waals surface area contributed by atoms with Gasteiger partial charge in [-0.05, 0) is 18.2 Å². The molecule has 1 amide bonds. The van der Waals surface area contributed by atoms with Crippen LogP contribution in [0.3, 0.4) is 0 Å². The Bertz CT molecular complexity index is 1240. The summed E-state index contributed by atoms with van der Waals surface area (Å²) in [6.45, 7) is 1.76. The lowest BCUT2D eigenvalue weighted by Gasteiger charge is -2.10. The molecule has 0 spiro atoms. The lowest BCUT2D eigenvalue weighted by Crippen LogP contribution is -2.31. The van der Waals surface area contributed by atoms with Gasteiger partial charge in [-0.2, -0.15) is 0 Å². The predicted molar refractivity (Wildman–Crippen MR) is 103 cm³/mol. The summed E-state index contributed by atoms with van der Waals surface area (Å²) in [5.41, 5.74) is 0.372. The van der Waals surface area contributed by atoms with Gasteiger partial charge in [0, 0.05) is 6.92 Å². The van der Waals surface area contributed by atoms with Gasteiger partial charge in [-0.3, -0.25) is 9.52 Å². The molecule has 3 aromatic rings. The van der Waals surface area contributed by atoms with Crippen LogP contribution in [0.4, 0.5) is 15.1 Å². The van der Waals surface area contributed by atoms with Gasteiger partial charge in [0.1, 0.15) is 28.9 Å². The number of carboxylic acids is 1. The van der Waals surface area contributed by atoms with Crippen molar-refractivity contribution >= 4 is 43.9 Å². The average molecular weight is 453 g/mol. The third-order valence-electron chi connectivity index (χ3n) is 4.22. The van der Waals surface area contributed by atoms with Gasteiger partial charge in [-0.1, -0.05) is 0 Å². The smallest absolute Gasteiger partial charge is 0.266 e. The molecule has 1 aromatic carbocycles. The summed E-state index contributed by atoms with van der Waals surface area (Å²) in [4.78, 5) is 26.2. The third kappa shape index (κ3) is 4.46. The molecule has 0 aliphatic rings. The second kappa shape index (κ2) is 8.20. The van der Waals surface area contributed by atoms with E-state index in [1.54, 1.807) is 17.0 Å². The fourth-order valence-electron chi connectivity index (χ4n) is 2.52. The van der Waals surface area contributed by atoms with Crippen LogP contribution in [0.5, 0.6) is 0 Å². The summed E-state index contributed by atoms with van der Waals surface area (Å²) in [5.74, 6) is -2.29. The Balaban J connectivity index is 1.75. The van der Waals surface area contributed by atoms with Crippen LogP contribution in [0.15, 0.2) is 41.0 Å². The lowest BCUT2D eigenvalue weighted by molar-refractivity contribution is -0.677. The lowest BCUT2D eigenvalue weighted by atomic mass is 10.3. The molecule has 2 N–H and O–H groups in total. The zero-order valence-corrected chi connectivity index (χ0v) is 17.4. The summed E-state index contributed by atoms with van der Waals surface area (Å²) in [7, 11) is -2.47. The second-order valence-electron chi connectivity index (χ2n) is 6.20. The third-order valence-corrected chi connectivity index (χ3v) is 6.44. The van der Waals surface area contributed by atoms with Gasteiger partial charge in [0.2, 0.25) is 0 Å². The largest absolute Gasteiger partial charge is 0.543 e. The number of aromatic carboxylic acids is 1. The van der Waals surface area contributed by atoms with Crippen molar-refractivity contribution in [1.29, 1.82) is 0 Å². The topological polar surface area (TPSA) is 137 Å². The molecule has 158 valence electrons. The van der Waals surface area contributed by atoms with Gasteiger partial charge in [0.25, 0.3) is 21.8 Å². The zero-order valence-electron chi connectivity index (χ0n) is 15.7. The maximum absolute atomic E-state index is 14.4. The van der Waals surface area contributed by atoms with Crippen molar-refractivity contribution in [2.45, 2.75) is 18.4 Å². The number of aryl methyl sites for hydroxylation is 1. The number of anilines is 2. The molecule has 0 fully saturated rings. The van der Waals surface area contributed by atoms with Gasteiger partial charge >= 0.3 is 0 Å². The molecule has 3 rings (SSSR count). The minimum Gasteiger partial charge on any atom is -0.543 e. The van der Waals surface area contributed by atoms with Crippen LogP contribution in [0.25, 0.3) is 0 Å². The molecule has 0 aliphatic heterocycles. The van der Waals surface area contributed by atoms with E-state index < -0.39 is 38.3 Å². The molecule has 2 aromatic heterocycles. The number of amides is 1. The van der Waals surface area contributed by atoms with Crippen molar-refractivity contribution in [2.24, 2.45) is 7.05 Å². The van der Waals surface area contributed by atoms with Gasteiger partial charge in [-0.15, -0.1) is 11.3 Å². The van der Waals surface area contributed by atoms with Crippen molar-refractivity contribution < 1.29 is 32.1 Å². The minimum absolute atomic E-state index is 0.0505. The Labute approximate surface area is 174 Å². The molecule has 0 unspecified atom stereocenters. The van der Waals surface area contributed by atoms with E-state index in [0.717, 1.165) is 40.9 Å². The first-order valence-electron chi connectivity index (χ1n) is 8.37. The fraction of sp³-hybridized carbons (Fsp3) is 0.176. The number of hydrogen-bond donors (Lipinski definition) is 2. The molecule has 0 radical (unpaired) electrons.